The first kappa shape index (κ1) is 28.8. The number of hydrogen-bond acceptors (Lipinski definition) is 4. The molecule has 0 unspecified atom stereocenters. The van der Waals surface area contributed by atoms with Crippen molar-refractivity contribution in [3.8, 4) is 0 Å². The number of amides is 1. The summed E-state index contributed by atoms with van der Waals surface area (Å²) in [5.41, 5.74) is -0.266. The van der Waals surface area contributed by atoms with Crippen molar-refractivity contribution in [2.24, 2.45) is 0 Å². The standard InChI is InChI=1S/C27H24Cl2F3N3O3S/c1-2-12-35(21-7-5-6-20(18-21)27(30,31)32)39(37,38)25-17-19(10-11-23(25)29)26(36)34-15-13-33(14-16-34)24-9-4-3-8-22(24)28/h2-11,17-18H,1,12-16H2. The van der Waals surface area contributed by atoms with Crippen LogP contribution in [0.2, 0.25) is 10.0 Å². The number of para-hydroxylation sites is 1. The van der Waals surface area contributed by atoms with Gasteiger partial charge >= 0.3 is 6.18 Å². The highest BCUT2D eigenvalue weighted by Crippen LogP contribution is 2.35. The third kappa shape index (κ3) is 6.18. The molecule has 0 saturated carbocycles. The van der Waals surface area contributed by atoms with E-state index in [0.717, 1.165) is 34.3 Å². The van der Waals surface area contributed by atoms with Crippen LogP contribution in [0.3, 0.4) is 0 Å². The van der Waals surface area contributed by atoms with Crippen LogP contribution in [0.15, 0.2) is 84.3 Å². The molecule has 0 atom stereocenters. The molecule has 1 aliphatic heterocycles. The topological polar surface area (TPSA) is 60.9 Å². The number of anilines is 2. The third-order valence-electron chi connectivity index (χ3n) is 6.26. The molecule has 3 aromatic rings. The van der Waals surface area contributed by atoms with Gasteiger partial charge in [0.2, 0.25) is 0 Å². The van der Waals surface area contributed by atoms with Crippen molar-refractivity contribution in [3.05, 3.63) is 101 Å². The molecule has 6 nitrogen and oxygen atoms in total. The minimum absolute atomic E-state index is 0.0896. The summed E-state index contributed by atoms with van der Waals surface area (Å²) in [6.07, 6.45) is -3.42. The van der Waals surface area contributed by atoms with Crippen LogP contribution in [0.1, 0.15) is 15.9 Å². The molecule has 39 heavy (non-hydrogen) atoms. The third-order valence-corrected chi connectivity index (χ3v) is 8.86. The number of halogens is 5. The molecule has 1 heterocycles. The van der Waals surface area contributed by atoms with Crippen molar-refractivity contribution < 1.29 is 26.4 Å². The first-order valence-electron chi connectivity index (χ1n) is 11.8. The second-order valence-electron chi connectivity index (χ2n) is 8.75. The van der Waals surface area contributed by atoms with E-state index in [2.05, 4.69) is 11.5 Å². The Morgan fingerprint density at radius 2 is 1.64 bits per heavy atom. The largest absolute Gasteiger partial charge is 0.416 e. The van der Waals surface area contributed by atoms with Crippen LogP contribution in [0.5, 0.6) is 0 Å². The highest BCUT2D eigenvalue weighted by molar-refractivity contribution is 7.93. The fourth-order valence-electron chi connectivity index (χ4n) is 4.29. The van der Waals surface area contributed by atoms with Crippen LogP contribution in [0, 0.1) is 0 Å². The summed E-state index contributed by atoms with van der Waals surface area (Å²) in [5.74, 6) is -0.392. The quantitative estimate of drug-likeness (QED) is 0.297. The maximum absolute atomic E-state index is 13.7. The van der Waals surface area contributed by atoms with Crippen molar-refractivity contribution in [1.82, 2.24) is 4.90 Å². The molecule has 1 aliphatic rings. The van der Waals surface area contributed by atoms with Gasteiger partial charge in [0.1, 0.15) is 4.90 Å². The molecular weight excluding hydrogens is 574 g/mol. The Bertz CT molecular complexity index is 1490. The maximum Gasteiger partial charge on any atom is 0.416 e. The average molecular weight is 598 g/mol. The lowest BCUT2D eigenvalue weighted by atomic mass is 10.1. The predicted octanol–water partition coefficient (Wildman–Crippen LogP) is 6.36. The molecule has 0 aliphatic carbocycles. The van der Waals surface area contributed by atoms with E-state index in [-0.39, 0.29) is 22.8 Å². The van der Waals surface area contributed by atoms with Gasteiger partial charge in [-0.25, -0.2) is 8.42 Å². The van der Waals surface area contributed by atoms with E-state index in [1.165, 1.54) is 24.3 Å². The Kier molecular flexibility index (Phi) is 8.48. The zero-order valence-corrected chi connectivity index (χ0v) is 22.9. The summed E-state index contributed by atoms with van der Waals surface area (Å²) < 4.78 is 68.0. The number of carbonyl (C=O) groups is 1. The summed E-state index contributed by atoms with van der Waals surface area (Å²) >= 11 is 12.5. The van der Waals surface area contributed by atoms with Gasteiger partial charge in [0.25, 0.3) is 15.9 Å². The molecule has 4 rings (SSSR count). The summed E-state index contributed by atoms with van der Waals surface area (Å²) in [4.78, 5) is 16.6. The van der Waals surface area contributed by atoms with Gasteiger partial charge in [-0.1, -0.05) is 47.5 Å². The van der Waals surface area contributed by atoms with Crippen molar-refractivity contribution >= 4 is 50.5 Å². The minimum Gasteiger partial charge on any atom is -0.367 e. The molecule has 0 bridgehead atoms. The van der Waals surface area contributed by atoms with E-state index in [1.54, 1.807) is 11.0 Å². The molecular formula is C27H24Cl2F3N3O3S. The first-order valence-corrected chi connectivity index (χ1v) is 14.0. The number of nitrogens with zero attached hydrogens (tertiary/aromatic N) is 3. The smallest absolute Gasteiger partial charge is 0.367 e. The molecule has 0 spiro atoms. The van der Waals surface area contributed by atoms with Crippen LogP contribution in [-0.2, 0) is 16.2 Å². The zero-order valence-electron chi connectivity index (χ0n) is 20.5. The minimum atomic E-state index is -4.67. The number of benzene rings is 3. The van der Waals surface area contributed by atoms with Crippen LogP contribution in [0.4, 0.5) is 24.5 Å². The predicted molar refractivity (Wildman–Crippen MR) is 147 cm³/mol. The Labute approximate surface area is 234 Å². The van der Waals surface area contributed by atoms with E-state index in [0.29, 0.717) is 31.2 Å². The van der Waals surface area contributed by atoms with Gasteiger partial charge in [0.15, 0.2) is 0 Å². The molecule has 206 valence electrons. The Morgan fingerprint density at radius 1 is 0.949 bits per heavy atom. The van der Waals surface area contributed by atoms with Gasteiger partial charge in [-0.2, -0.15) is 13.2 Å². The van der Waals surface area contributed by atoms with E-state index in [1.807, 2.05) is 18.2 Å². The SMILES string of the molecule is C=CCN(c1cccc(C(F)(F)F)c1)S(=O)(=O)c1cc(C(=O)N2CCN(c3ccccc3Cl)CC2)ccc1Cl. The maximum atomic E-state index is 13.7. The van der Waals surface area contributed by atoms with Crippen LogP contribution in [-0.4, -0.2) is 51.9 Å². The number of alkyl halides is 3. The Morgan fingerprint density at radius 3 is 2.28 bits per heavy atom. The lowest BCUT2D eigenvalue weighted by molar-refractivity contribution is -0.137. The molecule has 1 amide bonds. The number of rotatable bonds is 7. The van der Waals surface area contributed by atoms with Crippen LogP contribution >= 0.6 is 23.2 Å². The summed E-state index contributed by atoms with van der Waals surface area (Å²) in [6.45, 7) is 5.02. The van der Waals surface area contributed by atoms with Gasteiger partial charge in [-0.3, -0.25) is 9.10 Å². The number of sulfonamides is 1. The molecule has 1 fully saturated rings. The number of hydrogen-bond donors (Lipinski definition) is 0. The number of carbonyl (C=O) groups excluding carboxylic acids is 1. The average Bonchev–Trinajstić information content (AvgIpc) is 2.91. The summed E-state index contributed by atoms with van der Waals surface area (Å²) in [6, 6.07) is 15.2. The highest BCUT2D eigenvalue weighted by Gasteiger charge is 2.33. The van der Waals surface area contributed by atoms with E-state index in [9.17, 15) is 26.4 Å². The molecule has 0 aromatic heterocycles. The fourth-order valence-corrected chi connectivity index (χ4v) is 6.48. The fraction of sp³-hybridized carbons (Fsp3) is 0.222. The second kappa shape index (κ2) is 11.5. The Hall–Kier alpha value is -3.21. The zero-order chi connectivity index (χ0) is 28.4. The second-order valence-corrected chi connectivity index (χ2v) is 11.4. The monoisotopic (exact) mass is 597 g/mol. The molecule has 1 saturated heterocycles. The molecule has 0 radical (unpaired) electrons. The van der Waals surface area contributed by atoms with Crippen LogP contribution in [0.25, 0.3) is 0 Å². The van der Waals surface area contributed by atoms with Crippen molar-refractivity contribution in [2.45, 2.75) is 11.1 Å². The van der Waals surface area contributed by atoms with Crippen molar-refractivity contribution in [2.75, 3.05) is 41.9 Å². The first-order chi connectivity index (χ1) is 18.4. The van der Waals surface area contributed by atoms with Crippen LogP contribution < -0.4 is 9.21 Å². The summed E-state index contributed by atoms with van der Waals surface area (Å²) in [5, 5.41) is 0.436. The van der Waals surface area contributed by atoms with E-state index in [4.69, 9.17) is 23.2 Å². The van der Waals surface area contributed by atoms with Gasteiger partial charge in [0, 0.05) is 31.7 Å². The normalized spacial score (nSPS) is 14.3. The van der Waals surface area contributed by atoms with E-state index >= 15 is 0 Å². The Balaban J connectivity index is 1.60. The molecule has 3 aromatic carbocycles. The van der Waals surface area contributed by atoms with Crippen molar-refractivity contribution in [1.29, 1.82) is 0 Å². The van der Waals surface area contributed by atoms with Gasteiger partial charge in [0.05, 0.1) is 33.5 Å². The van der Waals surface area contributed by atoms with Gasteiger partial charge in [-0.15, -0.1) is 6.58 Å². The van der Waals surface area contributed by atoms with E-state index < -0.39 is 32.6 Å². The highest BCUT2D eigenvalue weighted by atomic mass is 35.5. The number of piperazine rings is 1. The lowest BCUT2D eigenvalue weighted by Gasteiger charge is -2.36. The van der Waals surface area contributed by atoms with Gasteiger partial charge in [-0.05, 0) is 48.5 Å². The van der Waals surface area contributed by atoms with Crippen molar-refractivity contribution in [3.63, 3.8) is 0 Å². The molecule has 0 N–H and O–H groups in total. The summed E-state index contributed by atoms with van der Waals surface area (Å²) in [7, 11) is -4.48. The van der Waals surface area contributed by atoms with Gasteiger partial charge < -0.3 is 9.80 Å². The lowest BCUT2D eigenvalue weighted by Crippen LogP contribution is -2.48. The molecule has 12 heteroatoms.